The maximum absolute atomic E-state index is 13.4. The van der Waals surface area contributed by atoms with E-state index in [2.05, 4.69) is 16.3 Å². The largest absolute Gasteiger partial charge is 0.493 e. The fraction of sp³-hybridized carbons (Fsp3) is 0.231. The predicted molar refractivity (Wildman–Crippen MR) is 135 cm³/mol. The van der Waals surface area contributed by atoms with Crippen molar-refractivity contribution in [1.82, 2.24) is 20.0 Å². The van der Waals surface area contributed by atoms with E-state index in [0.29, 0.717) is 29.3 Å². The van der Waals surface area contributed by atoms with Crippen molar-refractivity contribution in [3.63, 3.8) is 0 Å². The molecule has 0 bridgehead atoms. The quantitative estimate of drug-likeness (QED) is 0.381. The number of hydrogen-bond acceptors (Lipinski definition) is 6. The lowest BCUT2D eigenvalue weighted by Crippen LogP contribution is -2.34. The molecule has 0 spiro atoms. The highest BCUT2D eigenvalue weighted by Gasteiger charge is 2.22. The van der Waals surface area contributed by atoms with Gasteiger partial charge >= 0.3 is 0 Å². The van der Waals surface area contributed by atoms with Crippen LogP contribution in [0.4, 0.5) is 0 Å². The Bertz CT molecular complexity index is 1240. The van der Waals surface area contributed by atoms with Crippen LogP contribution in [0.2, 0.25) is 0 Å². The van der Waals surface area contributed by atoms with Crippen LogP contribution in [0.25, 0.3) is 16.9 Å². The van der Waals surface area contributed by atoms with Crippen molar-refractivity contribution in [3.05, 3.63) is 82.7 Å². The molecule has 2 aromatic heterocycles. The maximum atomic E-state index is 13.4. The number of thiophene rings is 1. The summed E-state index contributed by atoms with van der Waals surface area (Å²) in [5.41, 5.74) is 2.69. The average molecular weight is 477 g/mol. The Hall–Kier alpha value is -3.62. The van der Waals surface area contributed by atoms with Crippen LogP contribution < -0.4 is 14.8 Å². The van der Waals surface area contributed by atoms with E-state index in [0.717, 1.165) is 11.3 Å². The van der Waals surface area contributed by atoms with Gasteiger partial charge in [0, 0.05) is 23.2 Å². The monoisotopic (exact) mass is 476 g/mol. The van der Waals surface area contributed by atoms with Crippen molar-refractivity contribution < 1.29 is 14.3 Å². The summed E-state index contributed by atoms with van der Waals surface area (Å²) in [6.45, 7) is 0.480. The molecule has 34 heavy (non-hydrogen) atoms. The second-order valence-corrected chi connectivity index (χ2v) is 8.93. The number of ether oxygens (including phenoxy) is 2. The van der Waals surface area contributed by atoms with Crippen LogP contribution >= 0.6 is 11.3 Å². The van der Waals surface area contributed by atoms with Gasteiger partial charge in [0.15, 0.2) is 11.5 Å². The molecule has 2 heterocycles. The number of carbonyl (C=O) groups excluding carboxylic acids is 1. The first-order valence-corrected chi connectivity index (χ1v) is 11.7. The molecule has 0 radical (unpaired) electrons. The molecule has 0 fully saturated rings. The van der Waals surface area contributed by atoms with Gasteiger partial charge in [-0.05, 0) is 55.9 Å². The molecular weight excluding hydrogens is 448 g/mol. The molecule has 0 saturated heterocycles. The standard InChI is InChI=1S/C26H28N4O3S/c1-29(2)21(24-11-8-14-34-24)16-27-26(31)20-17-30(19-9-6-5-7-10-19)28-25(20)18-12-13-22(32-3)23(15-18)33-4/h5-15,17,21H,16H2,1-4H3,(H,27,31). The Morgan fingerprint density at radius 1 is 1.06 bits per heavy atom. The summed E-state index contributed by atoms with van der Waals surface area (Å²) in [6.07, 6.45) is 1.77. The zero-order valence-electron chi connectivity index (χ0n) is 19.7. The number of nitrogens with one attached hydrogen (secondary N) is 1. The smallest absolute Gasteiger partial charge is 0.255 e. The lowest BCUT2D eigenvalue weighted by atomic mass is 10.1. The van der Waals surface area contributed by atoms with Gasteiger partial charge in [0.2, 0.25) is 0 Å². The number of rotatable bonds is 9. The fourth-order valence-electron chi connectivity index (χ4n) is 3.75. The highest BCUT2D eigenvalue weighted by molar-refractivity contribution is 7.10. The molecule has 0 saturated carbocycles. The van der Waals surface area contributed by atoms with Crippen molar-refractivity contribution in [2.75, 3.05) is 34.9 Å². The molecule has 0 aliphatic rings. The molecule has 1 N–H and O–H groups in total. The topological polar surface area (TPSA) is 68.6 Å². The third-order valence-corrected chi connectivity index (χ3v) is 6.56. The number of likely N-dealkylation sites (N-methyl/N-ethyl adjacent to an activating group) is 1. The minimum atomic E-state index is -0.185. The van der Waals surface area contributed by atoms with E-state index in [9.17, 15) is 4.79 Å². The first kappa shape index (κ1) is 23.5. The van der Waals surface area contributed by atoms with Crippen molar-refractivity contribution in [1.29, 1.82) is 0 Å². The zero-order valence-corrected chi connectivity index (χ0v) is 20.5. The van der Waals surface area contributed by atoms with E-state index < -0.39 is 0 Å². The number of carbonyl (C=O) groups is 1. The Labute approximate surface area is 203 Å². The number of para-hydroxylation sites is 1. The van der Waals surface area contributed by atoms with Crippen molar-refractivity contribution in [2.24, 2.45) is 0 Å². The fourth-order valence-corrected chi connectivity index (χ4v) is 4.68. The Morgan fingerprint density at radius 2 is 1.82 bits per heavy atom. The van der Waals surface area contributed by atoms with E-state index in [1.807, 2.05) is 74.1 Å². The zero-order chi connectivity index (χ0) is 24.1. The summed E-state index contributed by atoms with van der Waals surface area (Å²) in [5.74, 6) is 1.01. The number of hydrogen-bond donors (Lipinski definition) is 1. The van der Waals surface area contributed by atoms with E-state index >= 15 is 0 Å². The van der Waals surface area contributed by atoms with E-state index in [4.69, 9.17) is 14.6 Å². The van der Waals surface area contributed by atoms with Crippen LogP contribution in [0.5, 0.6) is 11.5 Å². The summed E-state index contributed by atoms with van der Waals surface area (Å²) in [7, 11) is 7.21. The lowest BCUT2D eigenvalue weighted by Gasteiger charge is -2.23. The Morgan fingerprint density at radius 3 is 2.47 bits per heavy atom. The van der Waals surface area contributed by atoms with Gasteiger partial charge in [-0.25, -0.2) is 4.68 Å². The average Bonchev–Trinajstić information content (AvgIpc) is 3.55. The molecule has 0 aliphatic carbocycles. The number of amides is 1. The van der Waals surface area contributed by atoms with Gasteiger partial charge in [0.25, 0.3) is 5.91 Å². The van der Waals surface area contributed by atoms with Gasteiger partial charge in [-0.3, -0.25) is 4.79 Å². The first-order chi connectivity index (χ1) is 16.5. The van der Waals surface area contributed by atoms with Gasteiger partial charge in [0.1, 0.15) is 5.69 Å². The van der Waals surface area contributed by atoms with Crippen LogP contribution in [0, 0.1) is 0 Å². The normalized spacial score (nSPS) is 11.9. The van der Waals surface area contributed by atoms with Gasteiger partial charge in [-0.2, -0.15) is 5.10 Å². The Balaban J connectivity index is 1.69. The highest BCUT2D eigenvalue weighted by Crippen LogP contribution is 2.33. The molecular formula is C26H28N4O3S. The molecule has 1 unspecified atom stereocenters. The summed E-state index contributed by atoms with van der Waals surface area (Å²) in [6, 6.07) is 19.5. The molecule has 176 valence electrons. The van der Waals surface area contributed by atoms with Crippen LogP contribution in [0.3, 0.4) is 0 Å². The number of benzene rings is 2. The minimum Gasteiger partial charge on any atom is -0.493 e. The summed E-state index contributed by atoms with van der Waals surface area (Å²) in [4.78, 5) is 16.7. The van der Waals surface area contributed by atoms with Crippen LogP contribution in [0.15, 0.2) is 72.2 Å². The van der Waals surface area contributed by atoms with Gasteiger partial charge in [-0.15, -0.1) is 11.3 Å². The summed E-state index contributed by atoms with van der Waals surface area (Å²) >= 11 is 1.68. The maximum Gasteiger partial charge on any atom is 0.255 e. The van der Waals surface area contributed by atoms with Crippen molar-refractivity contribution in [2.45, 2.75) is 6.04 Å². The second-order valence-electron chi connectivity index (χ2n) is 7.95. The van der Waals surface area contributed by atoms with E-state index in [1.165, 1.54) is 4.88 Å². The third-order valence-electron chi connectivity index (χ3n) is 5.59. The van der Waals surface area contributed by atoms with Crippen molar-refractivity contribution >= 4 is 17.2 Å². The van der Waals surface area contributed by atoms with Crippen LogP contribution in [0.1, 0.15) is 21.3 Å². The Kier molecular flexibility index (Phi) is 7.30. The predicted octanol–water partition coefficient (Wildman–Crippen LogP) is 4.65. The molecule has 0 aliphatic heterocycles. The number of methoxy groups -OCH3 is 2. The molecule has 2 aromatic carbocycles. The highest BCUT2D eigenvalue weighted by atomic mass is 32.1. The molecule has 4 aromatic rings. The molecule has 1 amide bonds. The summed E-state index contributed by atoms with van der Waals surface area (Å²) < 4.78 is 12.6. The number of nitrogens with zero attached hydrogens (tertiary/aromatic N) is 3. The summed E-state index contributed by atoms with van der Waals surface area (Å²) in [5, 5.41) is 9.93. The van der Waals surface area contributed by atoms with Crippen molar-refractivity contribution in [3.8, 4) is 28.4 Å². The third kappa shape index (κ3) is 4.98. The van der Waals surface area contributed by atoms with Gasteiger partial charge in [-0.1, -0.05) is 24.3 Å². The van der Waals surface area contributed by atoms with Crippen LogP contribution in [-0.2, 0) is 0 Å². The molecule has 4 rings (SSSR count). The number of aromatic nitrogens is 2. The van der Waals surface area contributed by atoms with Gasteiger partial charge in [0.05, 0.1) is 31.5 Å². The van der Waals surface area contributed by atoms with Crippen LogP contribution in [-0.4, -0.2) is 55.4 Å². The lowest BCUT2D eigenvalue weighted by molar-refractivity contribution is 0.0943. The van der Waals surface area contributed by atoms with Gasteiger partial charge < -0.3 is 19.7 Å². The van der Waals surface area contributed by atoms with E-state index in [1.54, 1.807) is 36.4 Å². The molecule has 8 heteroatoms. The first-order valence-electron chi connectivity index (χ1n) is 10.9. The second kappa shape index (κ2) is 10.5. The minimum absolute atomic E-state index is 0.0812. The molecule has 1 atom stereocenters. The molecule has 7 nitrogen and oxygen atoms in total. The van der Waals surface area contributed by atoms with E-state index in [-0.39, 0.29) is 11.9 Å². The SMILES string of the molecule is COc1ccc(-c2nn(-c3ccccc3)cc2C(=O)NCC(c2cccs2)N(C)C)cc1OC.